The number of carbonyl (C=O) groups is 1. The molecule has 1 saturated carbocycles. The Kier molecular flexibility index (Phi) is 6.08. The third kappa shape index (κ3) is 4.63. The van der Waals surface area contributed by atoms with Crippen LogP contribution in [0.5, 0.6) is 5.75 Å². The van der Waals surface area contributed by atoms with E-state index in [9.17, 15) is 4.79 Å². The largest absolute Gasteiger partial charge is 0.489 e. The van der Waals surface area contributed by atoms with Gasteiger partial charge in [-0.1, -0.05) is 35.9 Å². The van der Waals surface area contributed by atoms with Gasteiger partial charge in [-0.15, -0.1) is 12.4 Å². The number of hydrogen-bond acceptors (Lipinski definition) is 3. The van der Waals surface area contributed by atoms with Crippen LogP contribution in [0.15, 0.2) is 48.5 Å². The standard InChI is InChI=1S/C22H26N2O2.ClH/c1-16-4-2-5-17(12-16)15-26-19-7-3-6-18(13-19)24-21(25)20-14-22(20)8-10-23-11-9-22;/h2-7,12-13,20,23H,8-11,14-15H2,1H3,(H,24,25);1H. The first-order valence-electron chi connectivity index (χ1n) is 9.45. The molecule has 1 saturated heterocycles. The molecule has 4 nitrogen and oxygen atoms in total. The zero-order valence-corrected chi connectivity index (χ0v) is 16.5. The summed E-state index contributed by atoms with van der Waals surface area (Å²) < 4.78 is 5.90. The molecule has 1 aliphatic carbocycles. The summed E-state index contributed by atoms with van der Waals surface area (Å²) in [6.45, 7) is 4.67. The molecule has 144 valence electrons. The molecule has 4 rings (SSSR count). The lowest BCUT2D eigenvalue weighted by molar-refractivity contribution is -0.118. The van der Waals surface area contributed by atoms with Crippen molar-refractivity contribution in [2.45, 2.75) is 32.8 Å². The second-order valence-electron chi connectivity index (χ2n) is 7.66. The molecular weight excluding hydrogens is 360 g/mol. The summed E-state index contributed by atoms with van der Waals surface area (Å²) in [5, 5.41) is 6.46. The van der Waals surface area contributed by atoms with Gasteiger partial charge in [-0.3, -0.25) is 4.79 Å². The van der Waals surface area contributed by atoms with Crippen molar-refractivity contribution in [3.05, 3.63) is 59.7 Å². The number of ether oxygens (including phenoxy) is 1. The SMILES string of the molecule is Cc1cccc(COc2cccc(NC(=O)C3CC34CCNCC4)c2)c1.Cl. The van der Waals surface area contributed by atoms with Gasteiger partial charge in [0.1, 0.15) is 12.4 Å². The average molecular weight is 387 g/mol. The average Bonchev–Trinajstić information content (AvgIpc) is 3.34. The Morgan fingerprint density at radius 3 is 2.74 bits per heavy atom. The van der Waals surface area contributed by atoms with E-state index in [1.54, 1.807) is 0 Å². The van der Waals surface area contributed by atoms with Gasteiger partial charge in [0.2, 0.25) is 5.91 Å². The van der Waals surface area contributed by atoms with E-state index in [2.05, 4.69) is 35.8 Å². The molecule has 1 amide bonds. The third-order valence-corrected chi connectivity index (χ3v) is 5.70. The number of piperidine rings is 1. The number of benzene rings is 2. The lowest BCUT2D eigenvalue weighted by Gasteiger charge is -2.23. The third-order valence-electron chi connectivity index (χ3n) is 5.70. The minimum atomic E-state index is 0. The molecule has 1 spiro atoms. The van der Waals surface area contributed by atoms with Gasteiger partial charge in [0, 0.05) is 17.7 Å². The summed E-state index contributed by atoms with van der Waals surface area (Å²) in [5.74, 6) is 1.10. The number of rotatable bonds is 5. The van der Waals surface area contributed by atoms with Crippen molar-refractivity contribution in [2.75, 3.05) is 18.4 Å². The van der Waals surface area contributed by atoms with Crippen LogP contribution in [0.25, 0.3) is 0 Å². The molecular formula is C22H27ClN2O2. The highest BCUT2D eigenvalue weighted by Crippen LogP contribution is 2.58. The summed E-state index contributed by atoms with van der Waals surface area (Å²) in [5.41, 5.74) is 3.44. The Morgan fingerprint density at radius 1 is 1.19 bits per heavy atom. The molecule has 0 aromatic heterocycles. The van der Waals surface area contributed by atoms with E-state index in [0.29, 0.717) is 6.61 Å². The first-order chi connectivity index (χ1) is 12.6. The van der Waals surface area contributed by atoms with Crippen molar-refractivity contribution in [3.63, 3.8) is 0 Å². The molecule has 2 fully saturated rings. The number of nitrogens with one attached hydrogen (secondary N) is 2. The first kappa shape index (κ1) is 19.7. The fraction of sp³-hybridized carbons (Fsp3) is 0.409. The minimum Gasteiger partial charge on any atom is -0.489 e. The van der Waals surface area contributed by atoms with Crippen molar-refractivity contribution in [3.8, 4) is 5.75 Å². The number of anilines is 1. The van der Waals surface area contributed by atoms with Crippen molar-refractivity contribution >= 4 is 24.0 Å². The monoisotopic (exact) mass is 386 g/mol. The van der Waals surface area contributed by atoms with E-state index in [-0.39, 0.29) is 29.6 Å². The minimum absolute atomic E-state index is 0. The molecule has 1 atom stereocenters. The Labute approximate surface area is 167 Å². The Bertz CT molecular complexity index is 802. The van der Waals surface area contributed by atoms with Crippen LogP contribution in [0.2, 0.25) is 0 Å². The molecule has 2 aromatic rings. The van der Waals surface area contributed by atoms with E-state index in [1.807, 2.05) is 30.3 Å². The van der Waals surface area contributed by atoms with Crippen molar-refractivity contribution in [2.24, 2.45) is 11.3 Å². The summed E-state index contributed by atoms with van der Waals surface area (Å²) in [4.78, 5) is 12.6. The second kappa shape index (κ2) is 8.32. The highest BCUT2D eigenvalue weighted by atomic mass is 35.5. The molecule has 27 heavy (non-hydrogen) atoms. The predicted molar refractivity (Wildman–Crippen MR) is 110 cm³/mol. The van der Waals surface area contributed by atoms with Crippen LogP contribution in [-0.2, 0) is 11.4 Å². The maximum absolute atomic E-state index is 12.6. The molecule has 1 heterocycles. The van der Waals surface area contributed by atoms with Crippen molar-refractivity contribution in [1.29, 1.82) is 0 Å². The van der Waals surface area contributed by atoms with Gasteiger partial charge >= 0.3 is 0 Å². The van der Waals surface area contributed by atoms with Gasteiger partial charge in [0.25, 0.3) is 0 Å². The lowest BCUT2D eigenvalue weighted by atomic mass is 9.92. The first-order valence-corrected chi connectivity index (χ1v) is 9.45. The normalized spacial score (nSPS) is 19.8. The van der Waals surface area contributed by atoms with Gasteiger partial charge in [0.05, 0.1) is 0 Å². The molecule has 1 aliphatic heterocycles. The highest BCUT2D eigenvalue weighted by Gasteiger charge is 2.57. The molecule has 1 unspecified atom stereocenters. The topological polar surface area (TPSA) is 50.4 Å². The van der Waals surface area contributed by atoms with Crippen LogP contribution in [-0.4, -0.2) is 19.0 Å². The van der Waals surface area contributed by atoms with Crippen LogP contribution >= 0.6 is 12.4 Å². The summed E-state index contributed by atoms with van der Waals surface area (Å²) in [6.07, 6.45) is 3.26. The van der Waals surface area contributed by atoms with Crippen LogP contribution in [0.3, 0.4) is 0 Å². The lowest BCUT2D eigenvalue weighted by Crippen LogP contribution is -2.31. The van der Waals surface area contributed by atoms with Gasteiger partial charge < -0.3 is 15.4 Å². The molecule has 2 N–H and O–H groups in total. The number of carbonyl (C=O) groups excluding carboxylic acids is 1. The van der Waals surface area contributed by atoms with Gasteiger partial charge in [-0.25, -0.2) is 0 Å². The number of halogens is 1. The zero-order valence-electron chi connectivity index (χ0n) is 15.7. The van der Waals surface area contributed by atoms with Gasteiger partial charge in [-0.05, 0) is 62.4 Å². The second-order valence-corrected chi connectivity index (χ2v) is 7.66. The van der Waals surface area contributed by atoms with E-state index in [0.717, 1.165) is 49.4 Å². The number of aryl methyl sites for hydroxylation is 1. The van der Waals surface area contributed by atoms with Crippen molar-refractivity contribution in [1.82, 2.24) is 5.32 Å². The maximum atomic E-state index is 12.6. The Balaban J connectivity index is 0.00000210. The highest BCUT2D eigenvalue weighted by molar-refractivity contribution is 5.95. The molecule has 0 bridgehead atoms. The number of hydrogen-bond donors (Lipinski definition) is 2. The van der Waals surface area contributed by atoms with Crippen LogP contribution < -0.4 is 15.4 Å². The summed E-state index contributed by atoms with van der Waals surface area (Å²) in [6, 6.07) is 16.0. The smallest absolute Gasteiger partial charge is 0.228 e. The summed E-state index contributed by atoms with van der Waals surface area (Å²) in [7, 11) is 0. The fourth-order valence-corrected chi connectivity index (χ4v) is 4.06. The summed E-state index contributed by atoms with van der Waals surface area (Å²) >= 11 is 0. The van der Waals surface area contributed by atoms with E-state index >= 15 is 0 Å². The van der Waals surface area contributed by atoms with E-state index in [1.165, 1.54) is 5.56 Å². The number of amides is 1. The molecule has 0 radical (unpaired) electrons. The van der Waals surface area contributed by atoms with Crippen LogP contribution in [0.4, 0.5) is 5.69 Å². The van der Waals surface area contributed by atoms with Gasteiger partial charge in [-0.2, -0.15) is 0 Å². The van der Waals surface area contributed by atoms with Crippen LogP contribution in [0, 0.1) is 18.3 Å². The zero-order chi connectivity index (χ0) is 18.0. The predicted octanol–water partition coefficient (Wildman–Crippen LogP) is 4.32. The van der Waals surface area contributed by atoms with Crippen LogP contribution in [0.1, 0.15) is 30.4 Å². The fourth-order valence-electron chi connectivity index (χ4n) is 4.06. The quantitative estimate of drug-likeness (QED) is 0.804. The maximum Gasteiger partial charge on any atom is 0.228 e. The van der Waals surface area contributed by atoms with E-state index in [4.69, 9.17) is 4.74 Å². The van der Waals surface area contributed by atoms with Gasteiger partial charge in [0.15, 0.2) is 0 Å². The Hall–Kier alpha value is -2.04. The molecule has 2 aliphatic rings. The molecule has 5 heteroatoms. The van der Waals surface area contributed by atoms with Crippen molar-refractivity contribution < 1.29 is 9.53 Å². The molecule has 2 aromatic carbocycles. The van der Waals surface area contributed by atoms with E-state index < -0.39 is 0 Å². The Morgan fingerprint density at radius 2 is 1.96 bits per heavy atom.